The highest BCUT2D eigenvalue weighted by Gasteiger charge is 2.16. The third-order valence-electron chi connectivity index (χ3n) is 3.76. The van der Waals surface area contributed by atoms with Crippen molar-refractivity contribution in [2.75, 3.05) is 45.7 Å². The van der Waals surface area contributed by atoms with Crippen LogP contribution in [0.15, 0.2) is 24.3 Å². The molecule has 5 heteroatoms. The number of anilines is 1. The summed E-state index contributed by atoms with van der Waals surface area (Å²) in [5, 5.41) is 3.46. The molecule has 116 valence electrons. The molecule has 0 amide bonds. The van der Waals surface area contributed by atoms with E-state index >= 15 is 0 Å². The first-order chi connectivity index (χ1) is 10.2. The van der Waals surface area contributed by atoms with Crippen LogP contribution < -0.4 is 10.1 Å². The van der Waals surface area contributed by atoms with Crippen LogP contribution in [0.3, 0.4) is 0 Å². The maximum atomic E-state index is 11.0. The lowest BCUT2D eigenvalue weighted by Crippen LogP contribution is -2.35. The zero-order valence-electron chi connectivity index (χ0n) is 12.8. The molecule has 1 heterocycles. The van der Waals surface area contributed by atoms with E-state index in [1.54, 1.807) is 0 Å². The van der Waals surface area contributed by atoms with Crippen LogP contribution in [-0.2, 0) is 9.53 Å². The number of nitrogens with one attached hydrogen (secondary N) is 1. The highest BCUT2D eigenvalue weighted by Crippen LogP contribution is 2.19. The van der Waals surface area contributed by atoms with Crippen LogP contribution in [0.25, 0.3) is 0 Å². The Hall–Kier alpha value is -1.75. The summed E-state index contributed by atoms with van der Waals surface area (Å²) in [5.41, 5.74) is 1.08. The van der Waals surface area contributed by atoms with Crippen molar-refractivity contribution in [2.45, 2.75) is 12.8 Å². The summed E-state index contributed by atoms with van der Waals surface area (Å²) in [5.74, 6) is 1.00. The number of carbonyl (C=O) groups excluding carboxylic acids is 1. The highest BCUT2D eigenvalue weighted by molar-refractivity contribution is 5.70. The van der Waals surface area contributed by atoms with E-state index in [1.165, 1.54) is 26.5 Å². The van der Waals surface area contributed by atoms with Gasteiger partial charge in [-0.2, -0.15) is 0 Å². The van der Waals surface area contributed by atoms with Gasteiger partial charge in [0.1, 0.15) is 5.75 Å². The molecule has 1 unspecified atom stereocenters. The van der Waals surface area contributed by atoms with Crippen LogP contribution in [0.2, 0.25) is 0 Å². The van der Waals surface area contributed by atoms with E-state index in [0.717, 1.165) is 18.8 Å². The van der Waals surface area contributed by atoms with E-state index in [0.29, 0.717) is 11.7 Å². The molecule has 0 radical (unpaired) electrons. The second-order valence-electron chi connectivity index (χ2n) is 5.54. The van der Waals surface area contributed by atoms with E-state index in [-0.39, 0.29) is 12.6 Å². The van der Waals surface area contributed by atoms with Gasteiger partial charge in [0, 0.05) is 18.8 Å². The largest absolute Gasteiger partial charge is 0.482 e. The number of benzene rings is 1. The number of nitrogens with zero attached hydrogens (tertiary/aromatic N) is 1. The van der Waals surface area contributed by atoms with Gasteiger partial charge in [0.05, 0.1) is 7.11 Å². The summed E-state index contributed by atoms with van der Waals surface area (Å²) in [4.78, 5) is 13.4. The fourth-order valence-corrected chi connectivity index (χ4v) is 2.57. The van der Waals surface area contributed by atoms with Crippen molar-refractivity contribution in [3.63, 3.8) is 0 Å². The predicted molar refractivity (Wildman–Crippen MR) is 82.7 cm³/mol. The Morgan fingerprint density at radius 2 is 2.14 bits per heavy atom. The Kier molecular flexibility index (Phi) is 5.87. The average Bonchev–Trinajstić information content (AvgIpc) is 2.51. The zero-order chi connectivity index (χ0) is 15.1. The third-order valence-corrected chi connectivity index (χ3v) is 3.76. The van der Waals surface area contributed by atoms with E-state index in [4.69, 9.17) is 4.74 Å². The first kappa shape index (κ1) is 15.6. The summed E-state index contributed by atoms with van der Waals surface area (Å²) in [7, 11) is 3.53. The number of piperidine rings is 1. The number of esters is 1. The minimum Gasteiger partial charge on any atom is -0.482 e. The third kappa shape index (κ3) is 5.27. The molecular weight excluding hydrogens is 268 g/mol. The molecule has 1 saturated heterocycles. The van der Waals surface area contributed by atoms with Crippen molar-refractivity contribution in [3.8, 4) is 5.75 Å². The topological polar surface area (TPSA) is 50.8 Å². The Bertz CT molecular complexity index is 447. The maximum absolute atomic E-state index is 11.0. The SMILES string of the molecule is COC(=O)COc1ccc(NCC2CCCN(C)C2)cc1. The van der Waals surface area contributed by atoms with Gasteiger partial charge in [-0.15, -0.1) is 0 Å². The molecule has 0 saturated carbocycles. The molecule has 1 aromatic carbocycles. The first-order valence-corrected chi connectivity index (χ1v) is 7.39. The normalized spacial score (nSPS) is 19.0. The van der Waals surface area contributed by atoms with Gasteiger partial charge < -0.3 is 19.7 Å². The van der Waals surface area contributed by atoms with E-state index in [9.17, 15) is 4.79 Å². The van der Waals surface area contributed by atoms with Crippen LogP contribution in [0.5, 0.6) is 5.75 Å². The molecular formula is C16H24N2O3. The summed E-state index contributed by atoms with van der Waals surface area (Å²) >= 11 is 0. The number of ether oxygens (including phenoxy) is 2. The summed E-state index contributed by atoms with van der Waals surface area (Å²) in [6, 6.07) is 7.66. The predicted octanol–water partition coefficient (Wildman–Crippen LogP) is 1.99. The second kappa shape index (κ2) is 7.88. The number of hydrogen-bond acceptors (Lipinski definition) is 5. The van der Waals surface area contributed by atoms with Crippen molar-refractivity contribution in [1.82, 2.24) is 4.90 Å². The molecule has 0 aliphatic carbocycles. The standard InChI is InChI=1S/C16H24N2O3/c1-18-9-3-4-13(11-18)10-17-14-5-7-15(8-6-14)21-12-16(19)20-2/h5-8,13,17H,3-4,9-12H2,1-2H3. The van der Waals surface area contributed by atoms with Crippen LogP contribution in [0.4, 0.5) is 5.69 Å². The number of methoxy groups -OCH3 is 1. The Morgan fingerprint density at radius 1 is 1.38 bits per heavy atom. The smallest absolute Gasteiger partial charge is 0.343 e. The summed E-state index contributed by atoms with van der Waals surface area (Å²) < 4.78 is 9.84. The molecule has 1 N–H and O–H groups in total. The van der Waals surface area contributed by atoms with Gasteiger partial charge >= 0.3 is 5.97 Å². The fraction of sp³-hybridized carbons (Fsp3) is 0.562. The number of rotatable bonds is 6. The van der Waals surface area contributed by atoms with Crippen molar-refractivity contribution in [1.29, 1.82) is 0 Å². The molecule has 0 spiro atoms. The van der Waals surface area contributed by atoms with Gasteiger partial charge in [-0.05, 0) is 56.6 Å². The van der Waals surface area contributed by atoms with Crippen molar-refractivity contribution in [2.24, 2.45) is 5.92 Å². The highest BCUT2D eigenvalue weighted by atomic mass is 16.6. The van der Waals surface area contributed by atoms with Gasteiger partial charge in [-0.1, -0.05) is 0 Å². The molecule has 0 bridgehead atoms. The molecule has 1 aromatic rings. The molecule has 1 aliphatic rings. The lowest BCUT2D eigenvalue weighted by Gasteiger charge is -2.29. The van der Waals surface area contributed by atoms with E-state index in [2.05, 4.69) is 22.0 Å². The molecule has 0 aromatic heterocycles. The van der Waals surface area contributed by atoms with Crippen LogP contribution in [0, 0.1) is 5.92 Å². The molecule has 1 aliphatic heterocycles. The number of hydrogen-bond donors (Lipinski definition) is 1. The average molecular weight is 292 g/mol. The lowest BCUT2D eigenvalue weighted by atomic mass is 9.98. The van der Waals surface area contributed by atoms with Gasteiger partial charge in [-0.25, -0.2) is 4.79 Å². The molecule has 1 atom stereocenters. The second-order valence-corrected chi connectivity index (χ2v) is 5.54. The zero-order valence-corrected chi connectivity index (χ0v) is 12.8. The van der Waals surface area contributed by atoms with Gasteiger partial charge in [0.15, 0.2) is 6.61 Å². The van der Waals surface area contributed by atoms with Gasteiger partial charge in [-0.3, -0.25) is 0 Å². The van der Waals surface area contributed by atoms with E-state index in [1.807, 2.05) is 24.3 Å². The summed E-state index contributed by atoms with van der Waals surface area (Å²) in [6.45, 7) is 3.31. The van der Waals surface area contributed by atoms with E-state index < -0.39 is 0 Å². The first-order valence-electron chi connectivity index (χ1n) is 7.39. The van der Waals surface area contributed by atoms with Gasteiger partial charge in [0.2, 0.25) is 0 Å². The van der Waals surface area contributed by atoms with Crippen LogP contribution in [-0.4, -0.2) is 51.3 Å². The lowest BCUT2D eigenvalue weighted by molar-refractivity contribution is -0.142. The minimum atomic E-state index is -0.376. The Morgan fingerprint density at radius 3 is 2.81 bits per heavy atom. The minimum absolute atomic E-state index is 0.0579. The number of likely N-dealkylation sites (tertiary alicyclic amines) is 1. The monoisotopic (exact) mass is 292 g/mol. The summed E-state index contributed by atoms with van der Waals surface area (Å²) in [6.07, 6.45) is 2.57. The molecule has 1 fully saturated rings. The molecule has 21 heavy (non-hydrogen) atoms. The molecule has 5 nitrogen and oxygen atoms in total. The quantitative estimate of drug-likeness (QED) is 0.813. The Labute approximate surface area is 126 Å². The fourth-order valence-electron chi connectivity index (χ4n) is 2.57. The van der Waals surface area contributed by atoms with Crippen molar-refractivity contribution in [3.05, 3.63) is 24.3 Å². The van der Waals surface area contributed by atoms with Gasteiger partial charge in [0.25, 0.3) is 0 Å². The number of carbonyl (C=O) groups is 1. The maximum Gasteiger partial charge on any atom is 0.343 e. The Balaban J connectivity index is 1.75. The van der Waals surface area contributed by atoms with Crippen LogP contribution >= 0.6 is 0 Å². The molecule has 2 rings (SSSR count). The van der Waals surface area contributed by atoms with Crippen molar-refractivity contribution >= 4 is 11.7 Å². The van der Waals surface area contributed by atoms with Crippen molar-refractivity contribution < 1.29 is 14.3 Å². The van der Waals surface area contributed by atoms with Crippen LogP contribution in [0.1, 0.15) is 12.8 Å².